The molecule has 0 saturated carbocycles. The van der Waals surface area contributed by atoms with Crippen LogP contribution in [0.15, 0.2) is 29.1 Å². The number of rotatable bonds is 6. The minimum Gasteiger partial charge on any atom is -0.490 e. The first-order valence-electron chi connectivity index (χ1n) is 8.00. The SMILES string of the molecule is C\C=C(/C=N/C=C/CC)OCC1OCCC2OC(C)(C)OC12. The summed E-state index contributed by atoms with van der Waals surface area (Å²) in [6.07, 6.45) is 9.10. The highest BCUT2D eigenvalue weighted by Gasteiger charge is 2.47. The zero-order chi connectivity index (χ0) is 16.0. The van der Waals surface area contributed by atoms with Crippen LogP contribution in [0.2, 0.25) is 0 Å². The lowest BCUT2D eigenvalue weighted by atomic mass is 10.0. The Labute approximate surface area is 133 Å². The maximum atomic E-state index is 5.95. The van der Waals surface area contributed by atoms with Crippen LogP contribution in [-0.4, -0.2) is 43.5 Å². The van der Waals surface area contributed by atoms with Crippen LogP contribution in [0.4, 0.5) is 0 Å². The Hall–Kier alpha value is -1.17. The smallest absolute Gasteiger partial charge is 0.163 e. The summed E-state index contributed by atoms with van der Waals surface area (Å²) in [5, 5.41) is 0. The molecule has 0 aliphatic carbocycles. The molecule has 0 aromatic heterocycles. The van der Waals surface area contributed by atoms with Gasteiger partial charge >= 0.3 is 0 Å². The van der Waals surface area contributed by atoms with Crippen LogP contribution in [0.5, 0.6) is 0 Å². The molecule has 22 heavy (non-hydrogen) atoms. The second-order valence-electron chi connectivity index (χ2n) is 5.91. The van der Waals surface area contributed by atoms with Crippen molar-refractivity contribution in [1.82, 2.24) is 0 Å². The molecule has 3 unspecified atom stereocenters. The summed E-state index contributed by atoms with van der Waals surface area (Å²) in [5.41, 5.74) is 0. The van der Waals surface area contributed by atoms with E-state index in [2.05, 4.69) is 11.9 Å². The fourth-order valence-corrected chi connectivity index (χ4v) is 2.63. The van der Waals surface area contributed by atoms with Crippen molar-refractivity contribution < 1.29 is 18.9 Å². The lowest BCUT2D eigenvalue weighted by molar-refractivity contribution is -0.157. The van der Waals surface area contributed by atoms with Crippen LogP contribution in [0.25, 0.3) is 0 Å². The van der Waals surface area contributed by atoms with Crippen LogP contribution in [0.1, 0.15) is 40.5 Å². The van der Waals surface area contributed by atoms with E-state index in [9.17, 15) is 0 Å². The van der Waals surface area contributed by atoms with Gasteiger partial charge in [-0.05, 0) is 39.7 Å². The maximum absolute atomic E-state index is 5.95. The molecule has 0 radical (unpaired) electrons. The predicted octanol–water partition coefficient (Wildman–Crippen LogP) is 3.21. The maximum Gasteiger partial charge on any atom is 0.163 e. The highest BCUT2D eigenvalue weighted by molar-refractivity contribution is 5.76. The topological polar surface area (TPSA) is 49.3 Å². The molecule has 0 bridgehead atoms. The van der Waals surface area contributed by atoms with Crippen molar-refractivity contribution in [2.24, 2.45) is 4.99 Å². The molecule has 5 nitrogen and oxygen atoms in total. The average molecular weight is 309 g/mol. The van der Waals surface area contributed by atoms with E-state index in [0.717, 1.165) is 18.6 Å². The van der Waals surface area contributed by atoms with Crippen molar-refractivity contribution in [2.45, 2.75) is 64.6 Å². The third kappa shape index (κ3) is 4.66. The number of hydrogen-bond acceptors (Lipinski definition) is 5. The fourth-order valence-electron chi connectivity index (χ4n) is 2.63. The van der Waals surface area contributed by atoms with E-state index in [4.69, 9.17) is 18.9 Å². The molecule has 0 spiro atoms. The Morgan fingerprint density at radius 3 is 2.91 bits per heavy atom. The van der Waals surface area contributed by atoms with Gasteiger partial charge in [0.15, 0.2) is 5.79 Å². The minimum absolute atomic E-state index is 0.0706. The van der Waals surface area contributed by atoms with Crippen LogP contribution < -0.4 is 0 Å². The van der Waals surface area contributed by atoms with E-state index < -0.39 is 5.79 Å². The third-order valence-electron chi connectivity index (χ3n) is 3.65. The van der Waals surface area contributed by atoms with Gasteiger partial charge in [-0.1, -0.05) is 13.0 Å². The van der Waals surface area contributed by atoms with Crippen LogP contribution in [-0.2, 0) is 18.9 Å². The van der Waals surface area contributed by atoms with Gasteiger partial charge in [-0.2, -0.15) is 0 Å². The van der Waals surface area contributed by atoms with Gasteiger partial charge in [0.1, 0.15) is 24.6 Å². The van der Waals surface area contributed by atoms with Gasteiger partial charge in [-0.15, -0.1) is 0 Å². The molecule has 2 rings (SSSR count). The monoisotopic (exact) mass is 309 g/mol. The quantitative estimate of drug-likeness (QED) is 0.558. The third-order valence-corrected chi connectivity index (χ3v) is 3.65. The number of hydrogen-bond donors (Lipinski definition) is 0. The molecule has 2 heterocycles. The summed E-state index contributed by atoms with van der Waals surface area (Å²) in [6.45, 7) is 8.98. The van der Waals surface area contributed by atoms with Gasteiger partial charge in [-0.25, -0.2) is 0 Å². The van der Waals surface area contributed by atoms with Crippen molar-refractivity contribution in [3.05, 3.63) is 24.1 Å². The average Bonchev–Trinajstić information content (AvgIpc) is 2.81. The predicted molar refractivity (Wildman–Crippen MR) is 85.8 cm³/mol. The van der Waals surface area contributed by atoms with Crippen LogP contribution in [0.3, 0.4) is 0 Å². The van der Waals surface area contributed by atoms with Crippen molar-refractivity contribution >= 4 is 6.21 Å². The standard InChI is InChI=1S/C17H27NO4/c1-5-7-9-18-11-13(6-2)20-12-15-16-14(8-10-19-15)21-17(3,4)22-16/h6-7,9,11,14-16H,5,8,10,12H2,1-4H3/b9-7+,13-6+,18-11+. The molecular weight excluding hydrogens is 282 g/mol. The summed E-state index contributed by atoms with van der Waals surface area (Å²) in [7, 11) is 0. The van der Waals surface area contributed by atoms with Crippen LogP contribution in [0, 0.1) is 0 Å². The molecule has 0 aromatic carbocycles. The van der Waals surface area contributed by atoms with Crippen molar-refractivity contribution in [3.8, 4) is 0 Å². The fraction of sp³-hybridized carbons (Fsp3) is 0.706. The van der Waals surface area contributed by atoms with Gasteiger partial charge in [-0.3, -0.25) is 4.99 Å². The Balaban J connectivity index is 1.87. The highest BCUT2D eigenvalue weighted by atomic mass is 16.8. The molecule has 0 N–H and O–H groups in total. The van der Waals surface area contributed by atoms with E-state index in [0.29, 0.717) is 13.2 Å². The molecule has 0 amide bonds. The van der Waals surface area contributed by atoms with Crippen molar-refractivity contribution in [1.29, 1.82) is 0 Å². The van der Waals surface area contributed by atoms with E-state index in [-0.39, 0.29) is 18.3 Å². The summed E-state index contributed by atoms with van der Waals surface area (Å²) in [4.78, 5) is 4.19. The number of fused-ring (bicyclic) bond motifs is 1. The Morgan fingerprint density at radius 1 is 1.36 bits per heavy atom. The van der Waals surface area contributed by atoms with Crippen LogP contribution >= 0.6 is 0 Å². The molecule has 2 aliphatic rings. The van der Waals surface area contributed by atoms with Crippen molar-refractivity contribution in [2.75, 3.05) is 13.2 Å². The summed E-state index contributed by atoms with van der Waals surface area (Å²) in [5.74, 6) is 0.182. The number of aliphatic imine (C=N–C) groups is 1. The number of nitrogens with zero attached hydrogens (tertiary/aromatic N) is 1. The zero-order valence-corrected chi connectivity index (χ0v) is 14.0. The Bertz CT molecular complexity index is 442. The molecule has 2 aliphatic heterocycles. The highest BCUT2D eigenvalue weighted by Crippen LogP contribution is 2.35. The number of allylic oxidation sites excluding steroid dienone is 3. The number of ether oxygens (including phenoxy) is 4. The largest absolute Gasteiger partial charge is 0.490 e. The molecule has 0 aromatic rings. The van der Waals surface area contributed by atoms with E-state index >= 15 is 0 Å². The Kier molecular flexibility index (Phi) is 6.17. The second kappa shape index (κ2) is 7.90. The zero-order valence-electron chi connectivity index (χ0n) is 14.0. The first-order valence-corrected chi connectivity index (χ1v) is 8.00. The van der Waals surface area contributed by atoms with E-state index in [1.54, 1.807) is 12.4 Å². The summed E-state index contributed by atoms with van der Waals surface area (Å²) >= 11 is 0. The molecule has 124 valence electrons. The summed E-state index contributed by atoms with van der Waals surface area (Å²) in [6, 6.07) is 0. The molecule has 2 saturated heterocycles. The lowest BCUT2D eigenvalue weighted by Crippen LogP contribution is -2.45. The summed E-state index contributed by atoms with van der Waals surface area (Å²) < 4.78 is 23.5. The van der Waals surface area contributed by atoms with Gasteiger partial charge in [0.05, 0.1) is 12.3 Å². The van der Waals surface area contributed by atoms with Crippen molar-refractivity contribution in [3.63, 3.8) is 0 Å². The molecule has 2 fully saturated rings. The van der Waals surface area contributed by atoms with Gasteiger partial charge in [0, 0.05) is 12.8 Å². The van der Waals surface area contributed by atoms with Gasteiger partial charge in [0.2, 0.25) is 0 Å². The van der Waals surface area contributed by atoms with E-state index in [1.165, 1.54) is 0 Å². The minimum atomic E-state index is -0.545. The van der Waals surface area contributed by atoms with Gasteiger partial charge < -0.3 is 18.9 Å². The molecular formula is C17H27NO4. The molecule has 3 atom stereocenters. The first-order chi connectivity index (χ1) is 10.6. The first kappa shape index (κ1) is 17.2. The van der Waals surface area contributed by atoms with E-state index in [1.807, 2.05) is 32.9 Å². The second-order valence-corrected chi connectivity index (χ2v) is 5.91. The normalized spacial score (nSPS) is 31.8. The van der Waals surface area contributed by atoms with Gasteiger partial charge in [0.25, 0.3) is 0 Å². The lowest BCUT2D eigenvalue weighted by Gasteiger charge is -2.31. The molecule has 5 heteroatoms. The Morgan fingerprint density at radius 2 is 2.18 bits per heavy atom.